The molecule has 0 unspecified atom stereocenters. The summed E-state index contributed by atoms with van der Waals surface area (Å²) in [5.41, 5.74) is -0.106. The minimum absolute atomic E-state index is 0.0494. The lowest BCUT2D eigenvalue weighted by Gasteiger charge is -2.49. The lowest BCUT2D eigenvalue weighted by atomic mass is 9.68. The Balaban J connectivity index is 2.03. The third-order valence-electron chi connectivity index (χ3n) is 5.25. The molecule has 1 aromatic carbocycles. The molecule has 1 aromatic rings. The first-order chi connectivity index (χ1) is 10.6. The molecule has 0 N–H and O–H groups in total. The maximum atomic E-state index is 13.5. The standard InChI is InChI=1S/C18H20F4O/c1-10-4-6-12-9-13(10)16(23-17(12,2)3)11-5-7-15(19)14(8-11)18(20,21)22/h4-5,7-8,12-13,16H,6,9H2,1-3H3/t12-,13-,16+/m1/s1. The zero-order valence-electron chi connectivity index (χ0n) is 13.4. The van der Waals surface area contributed by atoms with Gasteiger partial charge in [0.15, 0.2) is 0 Å². The van der Waals surface area contributed by atoms with E-state index in [-0.39, 0.29) is 5.92 Å². The SMILES string of the molecule is CC1=CC[C@@H]2C[C@H]1[C@H](c1ccc(F)c(C(F)(F)F)c1)OC2(C)C. The fourth-order valence-corrected chi connectivity index (χ4v) is 3.74. The molecule has 126 valence electrons. The Bertz CT molecular complexity index is 645. The van der Waals surface area contributed by atoms with Gasteiger partial charge in [0.1, 0.15) is 5.82 Å². The molecule has 23 heavy (non-hydrogen) atoms. The zero-order valence-corrected chi connectivity index (χ0v) is 13.4. The van der Waals surface area contributed by atoms with Gasteiger partial charge in [-0.25, -0.2) is 4.39 Å². The largest absolute Gasteiger partial charge is 0.419 e. The van der Waals surface area contributed by atoms with Gasteiger partial charge in [0, 0.05) is 5.92 Å². The molecule has 0 saturated carbocycles. The number of rotatable bonds is 1. The molecule has 3 atom stereocenters. The second-order valence-corrected chi connectivity index (χ2v) is 7.10. The van der Waals surface area contributed by atoms with E-state index in [2.05, 4.69) is 6.08 Å². The molecule has 3 rings (SSSR count). The van der Waals surface area contributed by atoms with Gasteiger partial charge in [-0.2, -0.15) is 13.2 Å². The Hall–Kier alpha value is -1.36. The summed E-state index contributed by atoms with van der Waals surface area (Å²) in [5.74, 6) is -0.839. The monoisotopic (exact) mass is 328 g/mol. The van der Waals surface area contributed by atoms with E-state index >= 15 is 0 Å². The quantitative estimate of drug-likeness (QED) is 0.477. The van der Waals surface area contributed by atoms with Gasteiger partial charge in [-0.05, 0) is 57.2 Å². The van der Waals surface area contributed by atoms with E-state index in [1.54, 1.807) is 0 Å². The van der Waals surface area contributed by atoms with Gasteiger partial charge >= 0.3 is 6.18 Å². The molecule has 1 aliphatic heterocycles. The Morgan fingerprint density at radius 3 is 2.57 bits per heavy atom. The van der Waals surface area contributed by atoms with Gasteiger partial charge in [-0.15, -0.1) is 0 Å². The van der Waals surface area contributed by atoms with Gasteiger partial charge in [-0.1, -0.05) is 17.7 Å². The summed E-state index contributed by atoms with van der Waals surface area (Å²) in [5, 5.41) is 0. The Morgan fingerprint density at radius 2 is 1.91 bits per heavy atom. The van der Waals surface area contributed by atoms with Crippen molar-refractivity contribution in [3.05, 3.63) is 46.8 Å². The van der Waals surface area contributed by atoms with Gasteiger partial charge < -0.3 is 4.74 Å². The molecular formula is C18H20F4O. The number of alkyl halides is 3. The first-order valence-corrected chi connectivity index (χ1v) is 7.80. The van der Waals surface area contributed by atoms with E-state index in [0.717, 1.165) is 30.5 Å². The molecule has 0 spiro atoms. The molecule has 0 aromatic heterocycles. The summed E-state index contributed by atoms with van der Waals surface area (Å²) in [6.07, 6.45) is -1.20. The average Bonchev–Trinajstić information content (AvgIpc) is 2.44. The van der Waals surface area contributed by atoms with Crippen molar-refractivity contribution in [1.29, 1.82) is 0 Å². The van der Waals surface area contributed by atoms with Crippen LogP contribution in [-0.4, -0.2) is 5.60 Å². The summed E-state index contributed by atoms with van der Waals surface area (Å²) >= 11 is 0. The van der Waals surface area contributed by atoms with Crippen LogP contribution >= 0.6 is 0 Å². The molecule has 1 nitrogen and oxygen atoms in total. The van der Waals surface area contributed by atoms with Crippen molar-refractivity contribution in [3.8, 4) is 0 Å². The van der Waals surface area contributed by atoms with E-state index in [9.17, 15) is 17.6 Å². The lowest BCUT2D eigenvalue weighted by Crippen LogP contribution is -2.45. The summed E-state index contributed by atoms with van der Waals surface area (Å²) in [6.45, 7) is 5.94. The van der Waals surface area contributed by atoms with Crippen LogP contribution in [0.25, 0.3) is 0 Å². The van der Waals surface area contributed by atoms with E-state index in [1.807, 2.05) is 20.8 Å². The topological polar surface area (TPSA) is 9.23 Å². The van der Waals surface area contributed by atoms with Crippen molar-refractivity contribution < 1.29 is 22.3 Å². The molecule has 1 saturated heterocycles. The van der Waals surface area contributed by atoms with E-state index < -0.39 is 29.3 Å². The summed E-state index contributed by atoms with van der Waals surface area (Å²) in [7, 11) is 0. The van der Waals surface area contributed by atoms with Crippen molar-refractivity contribution in [1.82, 2.24) is 0 Å². The second-order valence-electron chi connectivity index (χ2n) is 7.10. The number of hydrogen-bond donors (Lipinski definition) is 0. The lowest BCUT2D eigenvalue weighted by molar-refractivity contribution is -0.167. The summed E-state index contributed by atoms with van der Waals surface area (Å²) < 4.78 is 58.7. The average molecular weight is 328 g/mol. The fraction of sp³-hybridized carbons (Fsp3) is 0.556. The van der Waals surface area contributed by atoms with Crippen molar-refractivity contribution >= 4 is 0 Å². The van der Waals surface area contributed by atoms with Crippen LogP contribution in [0.15, 0.2) is 29.8 Å². The smallest absolute Gasteiger partial charge is 0.367 e. The second kappa shape index (κ2) is 5.33. The molecule has 1 heterocycles. The molecule has 5 heteroatoms. The van der Waals surface area contributed by atoms with Crippen LogP contribution in [0.2, 0.25) is 0 Å². The minimum atomic E-state index is -4.70. The third-order valence-corrected chi connectivity index (χ3v) is 5.25. The van der Waals surface area contributed by atoms with E-state index in [1.165, 1.54) is 6.07 Å². The fourth-order valence-electron chi connectivity index (χ4n) is 3.74. The molecule has 0 amide bonds. The highest BCUT2D eigenvalue weighted by Crippen LogP contribution is 2.51. The Labute approximate surface area is 133 Å². The number of allylic oxidation sites excluding steroid dienone is 1. The Morgan fingerprint density at radius 1 is 1.22 bits per heavy atom. The van der Waals surface area contributed by atoms with Crippen molar-refractivity contribution in [3.63, 3.8) is 0 Å². The zero-order chi connectivity index (χ0) is 17.0. The van der Waals surface area contributed by atoms with Gasteiger partial charge in [-0.3, -0.25) is 0 Å². The van der Waals surface area contributed by atoms with Gasteiger partial charge in [0.25, 0.3) is 0 Å². The van der Waals surface area contributed by atoms with Crippen molar-refractivity contribution in [2.45, 2.75) is 51.5 Å². The maximum absolute atomic E-state index is 13.5. The van der Waals surface area contributed by atoms with Crippen LogP contribution in [0.1, 0.15) is 50.8 Å². The third kappa shape index (κ3) is 2.91. The molecule has 1 fully saturated rings. The van der Waals surface area contributed by atoms with Crippen LogP contribution in [0.4, 0.5) is 17.6 Å². The first kappa shape index (κ1) is 16.5. The van der Waals surface area contributed by atoms with Crippen molar-refractivity contribution in [2.24, 2.45) is 11.8 Å². The van der Waals surface area contributed by atoms with Crippen LogP contribution < -0.4 is 0 Å². The first-order valence-electron chi connectivity index (χ1n) is 7.80. The number of halogens is 4. The highest BCUT2D eigenvalue weighted by molar-refractivity contribution is 5.32. The summed E-state index contributed by atoms with van der Waals surface area (Å²) in [4.78, 5) is 0. The molecule has 0 radical (unpaired) electrons. The molecule has 2 aliphatic rings. The molecule has 1 aliphatic carbocycles. The van der Waals surface area contributed by atoms with E-state index in [4.69, 9.17) is 4.74 Å². The highest BCUT2D eigenvalue weighted by atomic mass is 19.4. The maximum Gasteiger partial charge on any atom is 0.419 e. The van der Waals surface area contributed by atoms with E-state index in [0.29, 0.717) is 11.5 Å². The summed E-state index contributed by atoms with van der Waals surface area (Å²) in [6, 6.07) is 3.20. The van der Waals surface area contributed by atoms with Crippen LogP contribution in [0, 0.1) is 17.7 Å². The van der Waals surface area contributed by atoms with Crippen LogP contribution in [0.3, 0.4) is 0 Å². The van der Waals surface area contributed by atoms with Gasteiger partial charge in [0.05, 0.1) is 17.3 Å². The Kier molecular flexibility index (Phi) is 3.82. The molecular weight excluding hydrogens is 308 g/mol. The number of ether oxygens (including phenoxy) is 1. The number of fused-ring (bicyclic) bond motifs is 2. The predicted molar refractivity (Wildman–Crippen MR) is 79.3 cm³/mol. The minimum Gasteiger partial charge on any atom is -0.367 e. The number of benzene rings is 1. The van der Waals surface area contributed by atoms with Crippen LogP contribution in [0.5, 0.6) is 0 Å². The molecule has 2 bridgehead atoms. The van der Waals surface area contributed by atoms with Gasteiger partial charge in [0.2, 0.25) is 0 Å². The predicted octanol–water partition coefficient (Wildman–Crippen LogP) is 5.67. The van der Waals surface area contributed by atoms with Crippen molar-refractivity contribution in [2.75, 3.05) is 0 Å². The normalized spacial score (nSPS) is 30.0. The van der Waals surface area contributed by atoms with Crippen LogP contribution in [-0.2, 0) is 10.9 Å². The number of hydrogen-bond acceptors (Lipinski definition) is 1. The highest BCUT2D eigenvalue weighted by Gasteiger charge is 2.46.